The van der Waals surface area contributed by atoms with Gasteiger partial charge in [0, 0.05) is 49.8 Å². The molecule has 2 aliphatic heterocycles. The predicted molar refractivity (Wildman–Crippen MR) is 106 cm³/mol. The highest BCUT2D eigenvalue weighted by Gasteiger charge is 2.23. The van der Waals surface area contributed by atoms with Crippen LogP contribution in [0.5, 0.6) is 5.75 Å². The fraction of sp³-hybridized carbons (Fsp3) is 0.476. The van der Waals surface area contributed by atoms with Crippen LogP contribution in [0.15, 0.2) is 41.8 Å². The molecule has 2 fully saturated rings. The molecule has 0 N–H and O–H groups in total. The van der Waals surface area contributed by atoms with Crippen molar-refractivity contribution in [2.75, 3.05) is 39.4 Å². The van der Waals surface area contributed by atoms with Crippen molar-refractivity contribution < 1.29 is 14.3 Å². The van der Waals surface area contributed by atoms with E-state index in [9.17, 15) is 4.79 Å². The zero-order chi connectivity index (χ0) is 18.5. The molecule has 144 valence electrons. The van der Waals surface area contributed by atoms with Crippen LogP contribution in [-0.4, -0.2) is 61.2 Å². The third-order valence-corrected chi connectivity index (χ3v) is 6.02. The topological polar surface area (TPSA) is 42.0 Å². The highest BCUT2D eigenvalue weighted by Crippen LogP contribution is 2.19. The Morgan fingerprint density at radius 1 is 1.19 bits per heavy atom. The van der Waals surface area contributed by atoms with Crippen molar-refractivity contribution in [3.05, 3.63) is 52.2 Å². The number of benzene rings is 1. The molecule has 0 spiro atoms. The van der Waals surface area contributed by atoms with Gasteiger partial charge in [-0.05, 0) is 42.5 Å². The summed E-state index contributed by atoms with van der Waals surface area (Å²) < 4.78 is 11.4. The van der Waals surface area contributed by atoms with Gasteiger partial charge in [0.15, 0.2) is 0 Å². The summed E-state index contributed by atoms with van der Waals surface area (Å²) in [6.07, 6.45) is 2.33. The summed E-state index contributed by atoms with van der Waals surface area (Å²) in [7, 11) is 0. The Hall–Kier alpha value is -1.89. The van der Waals surface area contributed by atoms with Crippen LogP contribution in [0.3, 0.4) is 0 Å². The van der Waals surface area contributed by atoms with Crippen molar-refractivity contribution in [3.8, 4) is 5.75 Å². The number of hydrogen-bond acceptors (Lipinski definition) is 5. The zero-order valence-electron chi connectivity index (χ0n) is 15.5. The fourth-order valence-corrected chi connectivity index (χ4v) is 4.34. The van der Waals surface area contributed by atoms with E-state index in [1.807, 2.05) is 29.2 Å². The molecule has 27 heavy (non-hydrogen) atoms. The van der Waals surface area contributed by atoms with Crippen LogP contribution in [-0.2, 0) is 11.3 Å². The minimum absolute atomic E-state index is 0.0911. The molecule has 4 rings (SSSR count). The molecular formula is C21H26N2O3S. The average Bonchev–Trinajstić information content (AvgIpc) is 3.41. The molecule has 0 radical (unpaired) electrons. The van der Waals surface area contributed by atoms with Crippen LogP contribution in [0.2, 0.25) is 0 Å². The Labute approximate surface area is 164 Å². The Morgan fingerprint density at radius 3 is 2.81 bits per heavy atom. The molecule has 2 aromatic rings. The number of carbonyl (C=O) groups excluding carboxylic acids is 1. The van der Waals surface area contributed by atoms with Crippen molar-refractivity contribution in [1.29, 1.82) is 0 Å². The molecule has 2 saturated heterocycles. The van der Waals surface area contributed by atoms with Gasteiger partial charge in [0.05, 0.1) is 6.10 Å². The summed E-state index contributed by atoms with van der Waals surface area (Å²) in [6, 6.07) is 11.8. The van der Waals surface area contributed by atoms with Crippen LogP contribution in [0.1, 0.15) is 28.1 Å². The Balaban J connectivity index is 1.29. The maximum atomic E-state index is 12.9. The molecule has 1 atom stereocenters. The van der Waals surface area contributed by atoms with Gasteiger partial charge in [-0.2, -0.15) is 0 Å². The number of amides is 1. The Morgan fingerprint density at radius 2 is 2.07 bits per heavy atom. The van der Waals surface area contributed by atoms with Crippen molar-refractivity contribution in [2.45, 2.75) is 25.5 Å². The summed E-state index contributed by atoms with van der Waals surface area (Å²) >= 11 is 1.79. The summed E-state index contributed by atoms with van der Waals surface area (Å²) in [5.74, 6) is 0.834. The summed E-state index contributed by atoms with van der Waals surface area (Å²) in [4.78, 5) is 18.6. The quantitative estimate of drug-likeness (QED) is 0.764. The van der Waals surface area contributed by atoms with Gasteiger partial charge in [0.25, 0.3) is 5.91 Å². The number of nitrogens with zero attached hydrogens (tertiary/aromatic N) is 2. The van der Waals surface area contributed by atoms with E-state index in [0.717, 1.165) is 57.9 Å². The monoisotopic (exact) mass is 386 g/mol. The van der Waals surface area contributed by atoms with Gasteiger partial charge in [0.2, 0.25) is 0 Å². The molecule has 1 aromatic carbocycles. The average molecular weight is 387 g/mol. The normalized spacial score (nSPS) is 20.7. The second-order valence-corrected chi connectivity index (χ2v) is 8.15. The van der Waals surface area contributed by atoms with E-state index >= 15 is 0 Å². The molecule has 6 heteroatoms. The molecule has 1 aromatic heterocycles. The smallest absolute Gasteiger partial charge is 0.254 e. The molecule has 1 amide bonds. The van der Waals surface area contributed by atoms with Crippen molar-refractivity contribution >= 4 is 17.2 Å². The Kier molecular flexibility index (Phi) is 6.07. The lowest BCUT2D eigenvalue weighted by Crippen LogP contribution is -2.48. The number of carbonyl (C=O) groups is 1. The van der Waals surface area contributed by atoms with Gasteiger partial charge in [-0.3, -0.25) is 9.69 Å². The molecule has 0 aliphatic carbocycles. The van der Waals surface area contributed by atoms with Gasteiger partial charge >= 0.3 is 0 Å². The lowest BCUT2D eigenvalue weighted by atomic mass is 10.1. The zero-order valence-corrected chi connectivity index (χ0v) is 16.3. The highest BCUT2D eigenvalue weighted by atomic mass is 32.1. The van der Waals surface area contributed by atoms with Gasteiger partial charge in [0.1, 0.15) is 12.4 Å². The van der Waals surface area contributed by atoms with Gasteiger partial charge in [-0.1, -0.05) is 12.1 Å². The molecule has 2 aliphatic rings. The molecule has 3 heterocycles. The first-order chi connectivity index (χ1) is 13.3. The third kappa shape index (κ3) is 4.89. The van der Waals surface area contributed by atoms with Crippen LogP contribution < -0.4 is 4.74 Å². The van der Waals surface area contributed by atoms with Crippen molar-refractivity contribution in [3.63, 3.8) is 0 Å². The first-order valence-corrected chi connectivity index (χ1v) is 10.5. The van der Waals surface area contributed by atoms with Crippen LogP contribution >= 0.6 is 11.3 Å². The highest BCUT2D eigenvalue weighted by molar-refractivity contribution is 7.09. The Bertz CT molecular complexity index is 736. The largest absolute Gasteiger partial charge is 0.491 e. The minimum Gasteiger partial charge on any atom is -0.491 e. The van der Waals surface area contributed by atoms with E-state index < -0.39 is 0 Å². The minimum atomic E-state index is 0.0911. The number of thiophene rings is 1. The molecule has 0 unspecified atom stereocenters. The van der Waals surface area contributed by atoms with Gasteiger partial charge < -0.3 is 14.4 Å². The van der Waals surface area contributed by atoms with Gasteiger partial charge in [-0.25, -0.2) is 0 Å². The molecule has 0 bridgehead atoms. The first kappa shape index (κ1) is 18.5. The van der Waals surface area contributed by atoms with Gasteiger partial charge in [-0.15, -0.1) is 11.3 Å². The van der Waals surface area contributed by atoms with Crippen LogP contribution in [0.4, 0.5) is 0 Å². The maximum absolute atomic E-state index is 12.9. The number of hydrogen-bond donors (Lipinski definition) is 0. The van der Waals surface area contributed by atoms with E-state index in [2.05, 4.69) is 22.4 Å². The van der Waals surface area contributed by atoms with E-state index in [1.165, 1.54) is 4.88 Å². The molecular weight excluding hydrogens is 360 g/mol. The van der Waals surface area contributed by atoms with Crippen molar-refractivity contribution in [1.82, 2.24) is 9.80 Å². The number of rotatable bonds is 6. The summed E-state index contributed by atoms with van der Waals surface area (Å²) in [5, 5.41) is 2.11. The van der Waals surface area contributed by atoms with E-state index in [4.69, 9.17) is 9.47 Å². The van der Waals surface area contributed by atoms with Crippen LogP contribution in [0.25, 0.3) is 0 Å². The number of ether oxygens (including phenoxy) is 2. The van der Waals surface area contributed by atoms with Crippen molar-refractivity contribution in [2.24, 2.45) is 0 Å². The summed E-state index contributed by atoms with van der Waals surface area (Å²) in [6.45, 7) is 5.73. The maximum Gasteiger partial charge on any atom is 0.254 e. The second-order valence-electron chi connectivity index (χ2n) is 7.12. The SMILES string of the molecule is O=C(c1cccc(OC[C@H]2CCCO2)c1)N1CCN(Cc2cccs2)CC1. The van der Waals surface area contributed by atoms with Crippen LogP contribution in [0, 0.1) is 0 Å². The lowest BCUT2D eigenvalue weighted by Gasteiger charge is -2.34. The molecule has 0 saturated carbocycles. The lowest BCUT2D eigenvalue weighted by molar-refractivity contribution is 0.0626. The van der Waals surface area contributed by atoms with E-state index in [0.29, 0.717) is 12.2 Å². The summed E-state index contributed by atoms with van der Waals surface area (Å²) in [5.41, 5.74) is 0.701. The second kappa shape index (κ2) is 8.87. The standard InChI is InChI=1S/C21H26N2O3S/c24-21(23-10-8-22(9-11-23)15-20-7-3-13-27-20)17-4-1-5-18(14-17)26-16-19-6-2-12-25-19/h1,3-5,7,13-14,19H,2,6,8-12,15-16H2/t19-/m1/s1. The fourth-order valence-electron chi connectivity index (χ4n) is 3.60. The number of piperazine rings is 1. The molecule has 5 nitrogen and oxygen atoms in total. The van der Waals surface area contributed by atoms with E-state index in [-0.39, 0.29) is 12.0 Å². The van der Waals surface area contributed by atoms with E-state index in [1.54, 1.807) is 11.3 Å². The first-order valence-electron chi connectivity index (χ1n) is 9.66. The predicted octanol–water partition coefficient (Wildman–Crippen LogP) is 3.26. The third-order valence-electron chi connectivity index (χ3n) is 5.16.